The summed E-state index contributed by atoms with van der Waals surface area (Å²) in [7, 11) is 1.53. The number of anilines is 1. The number of rotatable bonds is 12. The fourth-order valence-electron chi connectivity index (χ4n) is 3.48. The Morgan fingerprint density at radius 3 is 2.59 bits per heavy atom. The van der Waals surface area contributed by atoms with Crippen molar-refractivity contribution in [2.45, 2.75) is 26.1 Å². The van der Waals surface area contributed by atoms with Crippen molar-refractivity contribution >= 4 is 18.0 Å². The summed E-state index contributed by atoms with van der Waals surface area (Å²) in [5, 5.41) is 15.8. The highest BCUT2D eigenvalue weighted by atomic mass is 19.1. The molecule has 0 saturated heterocycles. The molecule has 0 unspecified atom stereocenters. The van der Waals surface area contributed by atoms with E-state index in [0.29, 0.717) is 36.4 Å². The average Bonchev–Trinajstić information content (AvgIpc) is 3.35. The summed E-state index contributed by atoms with van der Waals surface area (Å²) in [5.74, 6) is -0.308. The summed E-state index contributed by atoms with van der Waals surface area (Å²) in [4.78, 5) is 23.7. The van der Waals surface area contributed by atoms with E-state index >= 15 is 4.39 Å². The summed E-state index contributed by atoms with van der Waals surface area (Å²) >= 11 is 0. The Morgan fingerprint density at radius 2 is 1.94 bits per heavy atom. The molecule has 2 aromatic carbocycles. The number of halogens is 1. The van der Waals surface area contributed by atoms with Crippen LogP contribution in [0.5, 0.6) is 5.75 Å². The lowest BCUT2D eigenvalue weighted by Crippen LogP contribution is -2.39. The van der Waals surface area contributed by atoms with Crippen LogP contribution >= 0.6 is 0 Å². The van der Waals surface area contributed by atoms with Gasteiger partial charge in [0.05, 0.1) is 32.3 Å². The van der Waals surface area contributed by atoms with E-state index in [1.54, 1.807) is 30.7 Å². The number of carbonyl (C=O) groups excluding carboxylic acids is 2. The lowest BCUT2D eigenvalue weighted by Gasteiger charge is -2.22. The van der Waals surface area contributed by atoms with Gasteiger partial charge in [0, 0.05) is 48.9 Å². The quantitative estimate of drug-likeness (QED) is 0.353. The molecule has 0 aliphatic heterocycles. The van der Waals surface area contributed by atoms with E-state index in [1.165, 1.54) is 25.0 Å². The van der Waals surface area contributed by atoms with Crippen LogP contribution in [0, 0.1) is 5.82 Å². The van der Waals surface area contributed by atoms with Crippen LogP contribution in [0.3, 0.4) is 0 Å². The molecule has 0 saturated carbocycles. The van der Waals surface area contributed by atoms with Crippen molar-refractivity contribution in [2.75, 3.05) is 25.1 Å². The number of ether oxygens (including phenoxy) is 1. The first-order valence-electron chi connectivity index (χ1n) is 10.7. The van der Waals surface area contributed by atoms with E-state index in [-0.39, 0.29) is 24.7 Å². The lowest BCUT2D eigenvalue weighted by atomic mass is 10.0. The molecule has 0 fully saturated rings. The summed E-state index contributed by atoms with van der Waals surface area (Å²) in [6.45, 7) is 2.48. The summed E-state index contributed by atoms with van der Waals surface area (Å²) in [5.41, 5.74) is 3.20. The number of amides is 2. The van der Waals surface area contributed by atoms with E-state index in [9.17, 15) is 14.7 Å². The standard InChI is InChI=1S/C25H28FN3O5/c1-17(31)28-13-21(32)14-29(16-30)20-4-6-22(24(26)10-20)23-5-3-18(9-25(23)33-2)11-27-12-19-7-8-34-15-19/h3-10,15-16,21,27,32H,11-14H2,1-2H3,(H,28,31)/t21-/m0/s1. The molecule has 9 heteroatoms. The van der Waals surface area contributed by atoms with Gasteiger partial charge in [0.25, 0.3) is 0 Å². The SMILES string of the molecule is COc1cc(CNCc2ccoc2)ccc1-c1ccc(N(C=O)C[C@@H](O)CNC(C)=O)cc1F. The number of nitrogens with zero attached hydrogens (tertiary/aromatic N) is 1. The topological polar surface area (TPSA) is 104 Å². The Kier molecular flexibility index (Phi) is 8.78. The minimum Gasteiger partial charge on any atom is -0.496 e. The van der Waals surface area contributed by atoms with Gasteiger partial charge in [-0.25, -0.2) is 4.39 Å². The maximum atomic E-state index is 15.1. The molecule has 2 amide bonds. The van der Waals surface area contributed by atoms with E-state index < -0.39 is 11.9 Å². The van der Waals surface area contributed by atoms with Crippen molar-refractivity contribution in [3.05, 3.63) is 71.9 Å². The fourth-order valence-corrected chi connectivity index (χ4v) is 3.48. The average molecular weight is 470 g/mol. The van der Waals surface area contributed by atoms with Crippen molar-refractivity contribution in [2.24, 2.45) is 0 Å². The molecule has 0 bridgehead atoms. The third-order valence-electron chi connectivity index (χ3n) is 5.20. The molecule has 0 radical (unpaired) electrons. The number of methoxy groups -OCH3 is 1. The first-order valence-corrected chi connectivity index (χ1v) is 10.7. The van der Waals surface area contributed by atoms with Crippen LogP contribution in [-0.4, -0.2) is 43.7 Å². The van der Waals surface area contributed by atoms with Crippen LogP contribution in [-0.2, 0) is 22.7 Å². The van der Waals surface area contributed by atoms with Gasteiger partial charge in [-0.15, -0.1) is 0 Å². The zero-order valence-electron chi connectivity index (χ0n) is 19.1. The predicted octanol–water partition coefficient (Wildman–Crippen LogP) is 2.84. The second-order valence-electron chi connectivity index (χ2n) is 7.78. The first-order chi connectivity index (χ1) is 16.4. The predicted molar refractivity (Wildman–Crippen MR) is 126 cm³/mol. The van der Waals surface area contributed by atoms with Crippen LogP contribution in [0.2, 0.25) is 0 Å². The van der Waals surface area contributed by atoms with Crippen LogP contribution in [0.1, 0.15) is 18.1 Å². The maximum Gasteiger partial charge on any atom is 0.216 e. The zero-order chi connectivity index (χ0) is 24.5. The number of carbonyl (C=O) groups is 2. The maximum absolute atomic E-state index is 15.1. The highest BCUT2D eigenvalue weighted by molar-refractivity contribution is 5.79. The fraction of sp³-hybridized carbons (Fsp3) is 0.280. The molecule has 0 aliphatic rings. The van der Waals surface area contributed by atoms with Crippen molar-refractivity contribution in [1.29, 1.82) is 0 Å². The van der Waals surface area contributed by atoms with Crippen LogP contribution < -0.4 is 20.3 Å². The normalized spacial score (nSPS) is 11.6. The third kappa shape index (κ3) is 6.66. The van der Waals surface area contributed by atoms with Gasteiger partial charge < -0.3 is 29.8 Å². The molecule has 1 aromatic heterocycles. The molecule has 180 valence electrons. The lowest BCUT2D eigenvalue weighted by molar-refractivity contribution is -0.119. The third-order valence-corrected chi connectivity index (χ3v) is 5.20. The van der Waals surface area contributed by atoms with Crippen LogP contribution in [0.15, 0.2) is 59.4 Å². The summed E-state index contributed by atoms with van der Waals surface area (Å²) in [6, 6.07) is 11.8. The van der Waals surface area contributed by atoms with Gasteiger partial charge in [-0.1, -0.05) is 12.1 Å². The molecule has 0 aliphatic carbocycles. The van der Waals surface area contributed by atoms with E-state index in [0.717, 1.165) is 11.1 Å². The minimum atomic E-state index is -0.994. The molecule has 8 nitrogen and oxygen atoms in total. The Bertz CT molecular complexity index is 1100. The molecule has 3 rings (SSSR count). The number of furan rings is 1. The summed E-state index contributed by atoms with van der Waals surface area (Å²) < 4.78 is 25.6. The van der Waals surface area contributed by atoms with Crippen LogP contribution in [0.4, 0.5) is 10.1 Å². The molecule has 3 aromatic rings. The highest BCUT2D eigenvalue weighted by Gasteiger charge is 2.17. The molecular weight excluding hydrogens is 441 g/mol. The Balaban J connectivity index is 1.72. The highest BCUT2D eigenvalue weighted by Crippen LogP contribution is 2.34. The Hall–Kier alpha value is -3.69. The van der Waals surface area contributed by atoms with E-state index in [4.69, 9.17) is 9.15 Å². The van der Waals surface area contributed by atoms with Gasteiger partial charge in [0.1, 0.15) is 11.6 Å². The van der Waals surface area contributed by atoms with Gasteiger partial charge in [0.2, 0.25) is 12.3 Å². The molecule has 34 heavy (non-hydrogen) atoms. The van der Waals surface area contributed by atoms with Gasteiger partial charge in [0.15, 0.2) is 0 Å². The second-order valence-corrected chi connectivity index (χ2v) is 7.78. The number of aliphatic hydroxyl groups is 1. The number of hydrogen-bond acceptors (Lipinski definition) is 6. The van der Waals surface area contributed by atoms with Gasteiger partial charge in [-0.2, -0.15) is 0 Å². The van der Waals surface area contributed by atoms with Gasteiger partial charge >= 0.3 is 0 Å². The van der Waals surface area contributed by atoms with Gasteiger partial charge in [-0.3, -0.25) is 9.59 Å². The smallest absolute Gasteiger partial charge is 0.216 e. The number of hydrogen-bond donors (Lipinski definition) is 3. The largest absolute Gasteiger partial charge is 0.496 e. The number of nitrogens with one attached hydrogen (secondary N) is 2. The van der Waals surface area contributed by atoms with Crippen molar-refractivity contribution < 1.29 is 28.2 Å². The molecule has 1 atom stereocenters. The molecular formula is C25H28FN3O5. The monoisotopic (exact) mass is 469 g/mol. The van der Waals surface area contributed by atoms with E-state index in [1.807, 2.05) is 18.2 Å². The number of benzene rings is 2. The molecule has 0 spiro atoms. The van der Waals surface area contributed by atoms with Crippen LogP contribution in [0.25, 0.3) is 11.1 Å². The summed E-state index contributed by atoms with van der Waals surface area (Å²) in [6.07, 6.45) is 2.82. The Labute approximate surface area is 197 Å². The van der Waals surface area contributed by atoms with Crippen molar-refractivity contribution in [3.63, 3.8) is 0 Å². The van der Waals surface area contributed by atoms with Crippen molar-refractivity contribution in [1.82, 2.24) is 10.6 Å². The van der Waals surface area contributed by atoms with Gasteiger partial charge in [-0.05, 0) is 35.9 Å². The second kappa shape index (κ2) is 12.0. The minimum absolute atomic E-state index is 0.0132. The van der Waals surface area contributed by atoms with Crippen molar-refractivity contribution in [3.8, 4) is 16.9 Å². The Morgan fingerprint density at radius 1 is 1.18 bits per heavy atom. The first kappa shape index (κ1) is 24.9. The molecule has 1 heterocycles. The number of aliphatic hydroxyl groups excluding tert-OH is 1. The van der Waals surface area contributed by atoms with E-state index in [2.05, 4.69) is 10.6 Å². The zero-order valence-corrected chi connectivity index (χ0v) is 19.1. The molecule has 3 N–H and O–H groups in total.